The second-order valence-electron chi connectivity index (χ2n) is 5.47. The van der Waals surface area contributed by atoms with Gasteiger partial charge in [0.15, 0.2) is 5.76 Å². The number of nitrogens with zero attached hydrogens (tertiary/aromatic N) is 1. The van der Waals surface area contributed by atoms with Crippen LogP contribution in [0.3, 0.4) is 0 Å². The molecule has 2 amide bonds. The fourth-order valence-electron chi connectivity index (χ4n) is 2.90. The summed E-state index contributed by atoms with van der Waals surface area (Å²) in [4.78, 5) is 25.2. The number of ether oxygens (including phenoxy) is 2. The van der Waals surface area contributed by atoms with E-state index in [1.807, 2.05) is 6.92 Å². The van der Waals surface area contributed by atoms with Crippen molar-refractivity contribution in [2.24, 2.45) is 5.73 Å². The van der Waals surface area contributed by atoms with Gasteiger partial charge in [-0.05, 0) is 6.92 Å². The average Bonchev–Trinajstić information content (AvgIpc) is 3.07. The van der Waals surface area contributed by atoms with E-state index in [1.54, 1.807) is 4.90 Å². The molecule has 0 radical (unpaired) electrons. The number of carbonyl (C=O) groups is 2. The van der Waals surface area contributed by atoms with Crippen molar-refractivity contribution in [3.05, 3.63) is 23.7 Å². The molecule has 7 nitrogen and oxygen atoms in total. The minimum Gasteiger partial charge on any atom is -0.458 e. The molecule has 2 unspecified atom stereocenters. The fourth-order valence-corrected chi connectivity index (χ4v) is 2.90. The van der Waals surface area contributed by atoms with E-state index < -0.39 is 11.5 Å². The van der Waals surface area contributed by atoms with Gasteiger partial charge in [-0.1, -0.05) is 0 Å². The van der Waals surface area contributed by atoms with Crippen LogP contribution in [0.2, 0.25) is 0 Å². The van der Waals surface area contributed by atoms with Crippen molar-refractivity contribution in [3.8, 4) is 0 Å². The second-order valence-corrected chi connectivity index (χ2v) is 5.47. The van der Waals surface area contributed by atoms with E-state index in [-0.39, 0.29) is 17.8 Å². The number of primary amides is 1. The smallest absolute Gasteiger partial charge is 0.284 e. The van der Waals surface area contributed by atoms with E-state index in [2.05, 4.69) is 0 Å². The second kappa shape index (κ2) is 5.16. The van der Waals surface area contributed by atoms with E-state index >= 15 is 0 Å². The van der Waals surface area contributed by atoms with Crippen molar-refractivity contribution in [1.29, 1.82) is 0 Å². The lowest BCUT2D eigenvalue weighted by atomic mass is 9.94. The monoisotopic (exact) mass is 294 g/mol. The SMILES string of the molecule is CC1OCCC12CN(C(=O)c1coc(C(N)=O)c1)CCO2. The van der Waals surface area contributed by atoms with Crippen molar-refractivity contribution in [2.75, 3.05) is 26.3 Å². The number of hydrogen-bond acceptors (Lipinski definition) is 5. The van der Waals surface area contributed by atoms with E-state index in [1.165, 1.54) is 12.3 Å². The zero-order chi connectivity index (χ0) is 15.0. The molecule has 0 aromatic carbocycles. The third-order valence-corrected chi connectivity index (χ3v) is 4.22. The molecular formula is C14H18N2O5. The topological polar surface area (TPSA) is 95.0 Å². The van der Waals surface area contributed by atoms with Gasteiger partial charge in [-0.2, -0.15) is 0 Å². The van der Waals surface area contributed by atoms with Crippen LogP contribution in [-0.4, -0.2) is 54.7 Å². The summed E-state index contributed by atoms with van der Waals surface area (Å²) < 4.78 is 16.5. The Balaban J connectivity index is 1.76. The van der Waals surface area contributed by atoms with Gasteiger partial charge in [-0.3, -0.25) is 9.59 Å². The summed E-state index contributed by atoms with van der Waals surface area (Å²) in [5.74, 6) is -0.891. The van der Waals surface area contributed by atoms with Crippen molar-refractivity contribution in [2.45, 2.75) is 25.0 Å². The van der Waals surface area contributed by atoms with Gasteiger partial charge in [-0.25, -0.2) is 0 Å². The number of nitrogens with two attached hydrogens (primary N) is 1. The molecule has 2 saturated heterocycles. The Hall–Kier alpha value is -1.86. The summed E-state index contributed by atoms with van der Waals surface area (Å²) in [7, 11) is 0. The minimum absolute atomic E-state index is 0.0149. The van der Waals surface area contributed by atoms with Crippen LogP contribution >= 0.6 is 0 Å². The summed E-state index contributed by atoms with van der Waals surface area (Å²) in [5, 5.41) is 0. The van der Waals surface area contributed by atoms with Crippen LogP contribution in [0.5, 0.6) is 0 Å². The molecule has 0 bridgehead atoms. The highest BCUT2D eigenvalue weighted by molar-refractivity contribution is 5.97. The first-order valence-corrected chi connectivity index (χ1v) is 6.95. The molecular weight excluding hydrogens is 276 g/mol. The lowest BCUT2D eigenvalue weighted by Gasteiger charge is -2.41. The van der Waals surface area contributed by atoms with Gasteiger partial charge < -0.3 is 24.5 Å². The maximum absolute atomic E-state index is 12.5. The van der Waals surface area contributed by atoms with E-state index in [4.69, 9.17) is 19.6 Å². The molecule has 7 heteroatoms. The van der Waals surface area contributed by atoms with Crippen molar-refractivity contribution in [1.82, 2.24) is 4.90 Å². The zero-order valence-electron chi connectivity index (χ0n) is 11.8. The number of rotatable bonds is 2. The fraction of sp³-hybridized carbons (Fsp3) is 0.571. The lowest BCUT2D eigenvalue weighted by molar-refractivity contribution is -0.126. The first-order chi connectivity index (χ1) is 10.0. The number of morpholine rings is 1. The zero-order valence-corrected chi connectivity index (χ0v) is 11.8. The Morgan fingerprint density at radius 1 is 1.43 bits per heavy atom. The Kier molecular flexibility index (Phi) is 3.46. The van der Waals surface area contributed by atoms with Crippen LogP contribution in [0.4, 0.5) is 0 Å². The van der Waals surface area contributed by atoms with Crippen molar-refractivity contribution >= 4 is 11.8 Å². The van der Waals surface area contributed by atoms with Crippen LogP contribution in [0.25, 0.3) is 0 Å². The summed E-state index contributed by atoms with van der Waals surface area (Å²) in [6, 6.07) is 1.38. The van der Waals surface area contributed by atoms with Crippen LogP contribution in [-0.2, 0) is 9.47 Å². The molecule has 2 atom stereocenters. The third-order valence-electron chi connectivity index (χ3n) is 4.22. The molecule has 0 aliphatic carbocycles. The standard InChI is InChI=1S/C14H18N2O5/c1-9-14(2-4-19-9)8-16(3-5-21-14)13(18)10-6-11(12(15)17)20-7-10/h6-7,9H,2-5,8H2,1H3,(H2,15,17). The predicted octanol–water partition coefficient (Wildman–Crippen LogP) is 0.398. The van der Waals surface area contributed by atoms with Crippen LogP contribution in [0, 0.1) is 0 Å². The Morgan fingerprint density at radius 3 is 2.86 bits per heavy atom. The Morgan fingerprint density at radius 2 is 2.24 bits per heavy atom. The van der Waals surface area contributed by atoms with Gasteiger partial charge in [0.25, 0.3) is 11.8 Å². The van der Waals surface area contributed by atoms with Gasteiger partial charge in [0.2, 0.25) is 0 Å². The minimum atomic E-state index is -0.690. The summed E-state index contributed by atoms with van der Waals surface area (Å²) >= 11 is 0. The molecule has 1 aromatic rings. The molecule has 21 heavy (non-hydrogen) atoms. The largest absolute Gasteiger partial charge is 0.458 e. The van der Waals surface area contributed by atoms with E-state index in [9.17, 15) is 9.59 Å². The van der Waals surface area contributed by atoms with Crippen LogP contribution < -0.4 is 5.73 Å². The van der Waals surface area contributed by atoms with Gasteiger partial charge >= 0.3 is 0 Å². The third kappa shape index (κ3) is 2.43. The molecule has 2 fully saturated rings. The maximum Gasteiger partial charge on any atom is 0.284 e. The average molecular weight is 294 g/mol. The molecule has 114 valence electrons. The molecule has 0 saturated carbocycles. The predicted molar refractivity (Wildman–Crippen MR) is 71.8 cm³/mol. The lowest BCUT2D eigenvalue weighted by Crippen LogP contribution is -2.56. The van der Waals surface area contributed by atoms with Crippen molar-refractivity contribution in [3.63, 3.8) is 0 Å². The number of furan rings is 1. The van der Waals surface area contributed by atoms with Gasteiger partial charge in [-0.15, -0.1) is 0 Å². The van der Waals surface area contributed by atoms with Crippen molar-refractivity contribution < 1.29 is 23.5 Å². The summed E-state index contributed by atoms with van der Waals surface area (Å²) in [6.45, 7) is 4.05. The quantitative estimate of drug-likeness (QED) is 0.851. The summed E-state index contributed by atoms with van der Waals surface area (Å²) in [5.41, 5.74) is 5.02. The highest BCUT2D eigenvalue weighted by atomic mass is 16.6. The highest BCUT2D eigenvalue weighted by Crippen LogP contribution is 2.33. The first-order valence-electron chi connectivity index (χ1n) is 6.95. The number of amides is 2. The molecule has 1 spiro atoms. The maximum atomic E-state index is 12.5. The van der Waals surface area contributed by atoms with E-state index in [0.29, 0.717) is 31.9 Å². The highest BCUT2D eigenvalue weighted by Gasteiger charge is 2.47. The molecule has 2 aliphatic heterocycles. The Bertz CT molecular complexity index is 569. The summed E-state index contributed by atoms with van der Waals surface area (Å²) in [6.07, 6.45) is 1.99. The van der Waals surface area contributed by atoms with Gasteiger partial charge in [0.1, 0.15) is 11.9 Å². The first kappa shape index (κ1) is 14.1. The molecule has 3 heterocycles. The van der Waals surface area contributed by atoms with E-state index in [0.717, 1.165) is 6.42 Å². The normalized spacial score (nSPS) is 29.0. The van der Waals surface area contributed by atoms with Gasteiger partial charge in [0.05, 0.1) is 24.8 Å². The molecule has 1 aromatic heterocycles. The van der Waals surface area contributed by atoms with Gasteiger partial charge in [0, 0.05) is 25.6 Å². The number of hydrogen-bond donors (Lipinski definition) is 1. The van der Waals surface area contributed by atoms with Crippen LogP contribution in [0.1, 0.15) is 34.3 Å². The molecule has 2 N–H and O–H groups in total. The molecule has 2 aliphatic rings. The van der Waals surface area contributed by atoms with Crippen LogP contribution in [0.15, 0.2) is 16.7 Å². The Labute approximate surface area is 122 Å². The molecule has 3 rings (SSSR count). The number of carbonyl (C=O) groups excluding carboxylic acids is 2.